The van der Waals surface area contributed by atoms with Gasteiger partial charge in [0.15, 0.2) is 0 Å². The fourth-order valence-corrected chi connectivity index (χ4v) is 2.89. The summed E-state index contributed by atoms with van der Waals surface area (Å²) in [5.41, 5.74) is 6.95. The zero-order chi connectivity index (χ0) is 13.0. The molecule has 0 spiro atoms. The van der Waals surface area contributed by atoms with Crippen molar-refractivity contribution in [2.75, 3.05) is 6.54 Å². The van der Waals surface area contributed by atoms with Crippen molar-refractivity contribution >= 4 is 11.3 Å². The van der Waals surface area contributed by atoms with Crippen molar-refractivity contribution in [3.8, 4) is 0 Å². The summed E-state index contributed by atoms with van der Waals surface area (Å²) in [4.78, 5) is 5.52. The van der Waals surface area contributed by atoms with E-state index in [9.17, 15) is 4.39 Å². The Morgan fingerprint density at radius 2 is 2.00 bits per heavy atom. The molecule has 2 nitrogen and oxygen atoms in total. The monoisotopic (exact) mass is 264 g/mol. The van der Waals surface area contributed by atoms with E-state index >= 15 is 0 Å². The van der Waals surface area contributed by atoms with E-state index in [0.29, 0.717) is 12.5 Å². The highest BCUT2D eigenvalue weighted by molar-refractivity contribution is 7.11. The number of nitrogens with two attached hydrogens (primary N) is 1. The lowest BCUT2D eigenvalue weighted by Gasteiger charge is -2.13. The van der Waals surface area contributed by atoms with Crippen LogP contribution in [-0.4, -0.2) is 11.5 Å². The normalized spacial score (nSPS) is 12.6. The zero-order valence-electron chi connectivity index (χ0n) is 10.4. The van der Waals surface area contributed by atoms with Crippen LogP contribution >= 0.6 is 11.3 Å². The molecule has 1 aromatic carbocycles. The molecule has 96 valence electrons. The number of aryl methyl sites for hydroxylation is 1. The van der Waals surface area contributed by atoms with E-state index in [-0.39, 0.29) is 5.82 Å². The van der Waals surface area contributed by atoms with Crippen molar-refractivity contribution in [1.82, 2.24) is 4.98 Å². The molecule has 1 unspecified atom stereocenters. The van der Waals surface area contributed by atoms with Gasteiger partial charge in [-0.3, -0.25) is 0 Å². The van der Waals surface area contributed by atoms with Crippen LogP contribution in [0.25, 0.3) is 0 Å². The van der Waals surface area contributed by atoms with Crippen molar-refractivity contribution < 1.29 is 4.39 Å². The van der Waals surface area contributed by atoms with Crippen LogP contribution in [0, 0.1) is 18.7 Å². The molecule has 2 N–H and O–H groups in total. The lowest BCUT2D eigenvalue weighted by atomic mass is 9.96. The molecule has 18 heavy (non-hydrogen) atoms. The smallest absolute Gasteiger partial charge is 0.123 e. The van der Waals surface area contributed by atoms with Crippen LogP contribution < -0.4 is 5.73 Å². The number of hydrogen-bond donors (Lipinski definition) is 1. The van der Waals surface area contributed by atoms with Crippen LogP contribution in [-0.2, 0) is 12.8 Å². The maximum Gasteiger partial charge on any atom is 0.123 e. The van der Waals surface area contributed by atoms with Crippen molar-refractivity contribution in [3.63, 3.8) is 0 Å². The van der Waals surface area contributed by atoms with E-state index in [1.807, 2.05) is 25.3 Å². The minimum absolute atomic E-state index is 0.193. The van der Waals surface area contributed by atoms with E-state index in [2.05, 4.69) is 4.98 Å². The number of halogens is 1. The molecule has 1 aromatic heterocycles. The van der Waals surface area contributed by atoms with Crippen LogP contribution in [0.3, 0.4) is 0 Å². The number of benzene rings is 1. The van der Waals surface area contributed by atoms with Gasteiger partial charge in [0.05, 0.1) is 5.01 Å². The van der Waals surface area contributed by atoms with Gasteiger partial charge in [0.25, 0.3) is 0 Å². The Morgan fingerprint density at radius 3 is 2.56 bits per heavy atom. The molecule has 1 atom stereocenters. The molecule has 2 aromatic rings. The molecule has 1 heterocycles. The summed E-state index contributed by atoms with van der Waals surface area (Å²) in [5.74, 6) is 0.191. The first-order valence-corrected chi connectivity index (χ1v) is 6.85. The minimum Gasteiger partial charge on any atom is -0.330 e. The largest absolute Gasteiger partial charge is 0.330 e. The number of hydrogen-bond acceptors (Lipinski definition) is 3. The van der Waals surface area contributed by atoms with E-state index in [0.717, 1.165) is 23.4 Å². The highest BCUT2D eigenvalue weighted by Crippen LogP contribution is 2.19. The molecule has 0 bridgehead atoms. The van der Waals surface area contributed by atoms with Crippen LogP contribution in [0.4, 0.5) is 4.39 Å². The van der Waals surface area contributed by atoms with Crippen molar-refractivity contribution in [2.24, 2.45) is 11.7 Å². The Balaban J connectivity index is 1.99. The average molecular weight is 264 g/mol. The van der Waals surface area contributed by atoms with E-state index in [1.54, 1.807) is 11.3 Å². The third-order valence-corrected chi connectivity index (χ3v) is 3.87. The van der Waals surface area contributed by atoms with Gasteiger partial charge in [-0.15, -0.1) is 11.3 Å². The summed E-state index contributed by atoms with van der Waals surface area (Å²) in [6.07, 6.45) is 3.75. The maximum absolute atomic E-state index is 12.8. The fraction of sp³-hybridized carbons (Fsp3) is 0.357. The van der Waals surface area contributed by atoms with Gasteiger partial charge in [-0.25, -0.2) is 9.37 Å². The summed E-state index contributed by atoms with van der Waals surface area (Å²) in [6.45, 7) is 2.64. The zero-order valence-corrected chi connectivity index (χ0v) is 11.2. The highest BCUT2D eigenvalue weighted by atomic mass is 32.1. The first-order chi connectivity index (χ1) is 8.67. The topological polar surface area (TPSA) is 38.9 Å². The predicted molar refractivity (Wildman–Crippen MR) is 73.2 cm³/mol. The molecule has 0 fully saturated rings. The van der Waals surface area contributed by atoms with Crippen LogP contribution in [0.5, 0.6) is 0 Å². The summed E-state index contributed by atoms with van der Waals surface area (Å²) in [6, 6.07) is 6.66. The van der Waals surface area contributed by atoms with Gasteiger partial charge in [0.2, 0.25) is 0 Å². The second kappa shape index (κ2) is 6.07. The number of thiazole rings is 1. The summed E-state index contributed by atoms with van der Waals surface area (Å²) in [5, 5.41) is 1.09. The molecule has 0 aliphatic carbocycles. The summed E-state index contributed by atoms with van der Waals surface area (Å²) < 4.78 is 12.8. The first-order valence-electron chi connectivity index (χ1n) is 6.03. The molecule has 0 aliphatic rings. The summed E-state index contributed by atoms with van der Waals surface area (Å²) in [7, 11) is 0. The van der Waals surface area contributed by atoms with Gasteiger partial charge in [-0.05, 0) is 49.9 Å². The van der Waals surface area contributed by atoms with Gasteiger partial charge < -0.3 is 5.73 Å². The van der Waals surface area contributed by atoms with Crippen LogP contribution in [0.1, 0.15) is 15.4 Å². The first kappa shape index (κ1) is 13.2. The van der Waals surface area contributed by atoms with Gasteiger partial charge in [0.1, 0.15) is 5.82 Å². The van der Waals surface area contributed by atoms with Gasteiger partial charge in [0, 0.05) is 11.1 Å². The highest BCUT2D eigenvalue weighted by Gasteiger charge is 2.11. The minimum atomic E-state index is -0.193. The second-order valence-corrected chi connectivity index (χ2v) is 5.80. The van der Waals surface area contributed by atoms with Crippen molar-refractivity contribution in [1.29, 1.82) is 0 Å². The lowest BCUT2D eigenvalue weighted by Crippen LogP contribution is -2.19. The summed E-state index contributed by atoms with van der Waals surface area (Å²) >= 11 is 1.72. The molecule has 2 rings (SSSR count). The lowest BCUT2D eigenvalue weighted by molar-refractivity contribution is 0.536. The van der Waals surface area contributed by atoms with E-state index < -0.39 is 0 Å². The number of rotatable bonds is 5. The Bertz CT molecular complexity index is 493. The van der Waals surface area contributed by atoms with Gasteiger partial charge in [-0.1, -0.05) is 12.1 Å². The van der Waals surface area contributed by atoms with E-state index in [4.69, 9.17) is 5.73 Å². The maximum atomic E-state index is 12.8. The molecule has 0 saturated heterocycles. The quantitative estimate of drug-likeness (QED) is 0.901. The molecule has 0 saturated carbocycles. The van der Waals surface area contributed by atoms with Crippen molar-refractivity contribution in [2.45, 2.75) is 19.8 Å². The predicted octanol–water partition coefficient (Wildman–Crippen LogP) is 2.95. The molecular formula is C14H17FN2S. The number of aromatic nitrogens is 1. The number of nitrogens with zero attached hydrogens (tertiary/aromatic N) is 1. The molecule has 0 radical (unpaired) electrons. The average Bonchev–Trinajstić information content (AvgIpc) is 2.77. The molecule has 0 aliphatic heterocycles. The van der Waals surface area contributed by atoms with E-state index in [1.165, 1.54) is 17.0 Å². The Kier molecular flexibility index (Phi) is 4.44. The molecular weight excluding hydrogens is 247 g/mol. The fourth-order valence-electron chi connectivity index (χ4n) is 1.98. The Hall–Kier alpha value is -1.26. The second-order valence-electron chi connectivity index (χ2n) is 4.48. The molecule has 0 amide bonds. The third-order valence-electron chi connectivity index (χ3n) is 2.93. The van der Waals surface area contributed by atoms with Gasteiger partial charge >= 0.3 is 0 Å². The standard InChI is InChI=1S/C14H17FN2S/c1-10-17-9-14(18-10)7-12(8-16)6-11-2-4-13(15)5-3-11/h2-5,9,12H,6-8,16H2,1H3. The van der Waals surface area contributed by atoms with Crippen molar-refractivity contribution in [3.05, 3.63) is 51.7 Å². The van der Waals surface area contributed by atoms with Crippen LogP contribution in [0.15, 0.2) is 30.5 Å². The van der Waals surface area contributed by atoms with Crippen LogP contribution in [0.2, 0.25) is 0 Å². The molecule has 4 heteroatoms. The SMILES string of the molecule is Cc1ncc(CC(CN)Cc2ccc(F)cc2)s1. The Morgan fingerprint density at radius 1 is 1.28 bits per heavy atom. The third kappa shape index (κ3) is 3.62. The Labute approximate surface area is 111 Å². The van der Waals surface area contributed by atoms with Gasteiger partial charge in [-0.2, -0.15) is 0 Å².